The standard InChI is InChI=1S/C18H22N2/c1-14(19)17-10-4-5-11-18(17)20-12-6-9-15-7-2-3-8-16(15)13-20/h2-5,7-8,10-11,14H,6,9,12-13,19H2,1H3/t14-/m0/s1. The molecule has 104 valence electrons. The number of hydrogen-bond donors (Lipinski definition) is 1. The maximum atomic E-state index is 6.13. The smallest absolute Gasteiger partial charge is 0.0432 e. The quantitative estimate of drug-likeness (QED) is 0.899. The van der Waals surface area contributed by atoms with Gasteiger partial charge in [0.1, 0.15) is 0 Å². The summed E-state index contributed by atoms with van der Waals surface area (Å²) in [6.45, 7) is 4.14. The largest absolute Gasteiger partial charge is 0.367 e. The number of nitrogens with zero attached hydrogens (tertiary/aromatic N) is 1. The van der Waals surface area contributed by atoms with Crippen LogP contribution in [0.5, 0.6) is 0 Å². The van der Waals surface area contributed by atoms with Crippen LogP contribution in [0.25, 0.3) is 0 Å². The number of anilines is 1. The number of fused-ring (bicyclic) bond motifs is 1. The number of rotatable bonds is 2. The van der Waals surface area contributed by atoms with Crippen molar-refractivity contribution in [3.05, 3.63) is 65.2 Å². The number of para-hydroxylation sites is 1. The summed E-state index contributed by atoms with van der Waals surface area (Å²) in [5, 5.41) is 0. The molecule has 0 bridgehead atoms. The van der Waals surface area contributed by atoms with Crippen molar-refractivity contribution in [3.8, 4) is 0 Å². The van der Waals surface area contributed by atoms with E-state index in [-0.39, 0.29) is 6.04 Å². The normalized spacial score (nSPS) is 16.4. The molecule has 2 nitrogen and oxygen atoms in total. The van der Waals surface area contributed by atoms with Crippen LogP contribution in [0.4, 0.5) is 5.69 Å². The van der Waals surface area contributed by atoms with Crippen LogP contribution < -0.4 is 10.6 Å². The summed E-state index contributed by atoms with van der Waals surface area (Å²) < 4.78 is 0. The minimum absolute atomic E-state index is 0.0738. The molecule has 2 aromatic rings. The Hall–Kier alpha value is -1.80. The molecule has 0 fully saturated rings. The van der Waals surface area contributed by atoms with Gasteiger partial charge in [-0.05, 0) is 42.5 Å². The van der Waals surface area contributed by atoms with Gasteiger partial charge in [-0.15, -0.1) is 0 Å². The van der Waals surface area contributed by atoms with Crippen molar-refractivity contribution in [2.24, 2.45) is 5.73 Å². The van der Waals surface area contributed by atoms with Gasteiger partial charge in [-0.25, -0.2) is 0 Å². The number of nitrogens with two attached hydrogens (primary N) is 1. The second-order valence-corrected chi connectivity index (χ2v) is 5.64. The van der Waals surface area contributed by atoms with Gasteiger partial charge >= 0.3 is 0 Å². The van der Waals surface area contributed by atoms with Crippen molar-refractivity contribution < 1.29 is 0 Å². The molecular weight excluding hydrogens is 244 g/mol. The minimum atomic E-state index is 0.0738. The molecule has 0 amide bonds. The van der Waals surface area contributed by atoms with Crippen LogP contribution in [0.3, 0.4) is 0 Å². The Morgan fingerprint density at radius 2 is 1.70 bits per heavy atom. The fourth-order valence-electron chi connectivity index (χ4n) is 3.07. The molecule has 1 atom stereocenters. The first-order chi connectivity index (χ1) is 9.75. The van der Waals surface area contributed by atoms with Gasteiger partial charge in [0.25, 0.3) is 0 Å². The van der Waals surface area contributed by atoms with Crippen LogP contribution in [0, 0.1) is 0 Å². The molecule has 2 aromatic carbocycles. The van der Waals surface area contributed by atoms with Gasteiger partial charge in [-0.1, -0.05) is 42.5 Å². The summed E-state index contributed by atoms with van der Waals surface area (Å²) in [5.41, 5.74) is 11.6. The van der Waals surface area contributed by atoms with Crippen LogP contribution in [0.2, 0.25) is 0 Å². The average Bonchev–Trinajstić information content (AvgIpc) is 2.69. The lowest BCUT2D eigenvalue weighted by atomic mass is 10.0. The highest BCUT2D eigenvalue weighted by Crippen LogP contribution is 2.29. The molecule has 0 unspecified atom stereocenters. The zero-order chi connectivity index (χ0) is 13.9. The first-order valence-electron chi connectivity index (χ1n) is 7.42. The molecule has 1 aliphatic rings. The zero-order valence-corrected chi connectivity index (χ0v) is 12.0. The van der Waals surface area contributed by atoms with Crippen molar-refractivity contribution in [3.63, 3.8) is 0 Å². The van der Waals surface area contributed by atoms with Crippen molar-refractivity contribution in [1.29, 1.82) is 0 Å². The fourth-order valence-corrected chi connectivity index (χ4v) is 3.07. The first kappa shape index (κ1) is 13.2. The zero-order valence-electron chi connectivity index (χ0n) is 12.0. The Labute approximate surface area is 121 Å². The molecule has 0 saturated heterocycles. The average molecular weight is 266 g/mol. The monoisotopic (exact) mass is 266 g/mol. The molecule has 0 aliphatic carbocycles. The highest BCUT2D eigenvalue weighted by atomic mass is 15.1. The van der Waals surface area contributed by atoms with E-state index in [9.17, 15) is 0 Å². The van der Waals surface area contributed by atoms with E-state index in [4.69, 9.17) is 5.73 Å². The molecule has 1 aliphatic heterocycles. The lowest BCUT2D eigenvalue weighted by molar-refractivity contribution is 0.744. The third kappa shape index (κ3) is 2.56. The van der Waals surface area contributed by atoms with Gasteiger partial charge in [0.15, 0.2) is 0 Å². The summed E-state index contributed by atoms with van der Waals surface area (Å²) in [4.78, 5) is 2.48. The summed E-state index contributed by atoms with van der Waals surface area (Å²) >= 11 is 0. The van der Waals surface area contributed by atoms with E-state index in [1.807, 2.05) is 0 Å². The minimum Gasteiger partial charge on any atom is -0.367 e. The predicted octanol–water partition coefficient (Wildman–Crippen LogP) is 3.66. The van der Waals surface area contributed by atoms with Crippen molar-refractivity contribution >= 4 is 5.69 Å². The molecule has 3 rings (SSSR count). The second kappa shape index (κ2) is 5.68. The molecule has 2 heteroatoms. The van der Waals surface area contributed by atoms with Crippen LogP contribution in [-0.4, -0.2) is 6.54 Å². The van der Waals surface area contributed by atoms with Crippen molar-refractivity contribution in [2.75, 3.05) is 11.4 Å². The third-order valence-electron chi connectivity index (χ3n) is 4.12. The number of benzene rings is 2. The van der Waals surface area contributed by atoms with Crippen LogP contribution >= 0.6 is 0 Å². The predicted molar refractivity (Wildman–Crippen MR) is 84.9 cm³/mol. The van der Waals surface area contributed by atoms with E-state index in [2.05, 4.69) is 60.4 Å². The Morgan fingerprint density at radius 1 is 1.00 bits per heavy atom. The number of hydrogen-bond acceptors (Lipinski definition) is 2. The van der Waals surface area contributed by atoms with Gasteiger partial charge in [0, 0.05) is 24.8 Å². The van der Waals surface area contributed by atoms with Crippen LogP contribution in [-0.2, 0) is 13.0 Å². The Kier molecular flexibility index (Phi) is 3.75. The molecular formula is C18H22N2. The second-order valence-electron chi connectivity index (χ2n) is 5.64. The Bertz CT molecular complexity index is 589. The molecule has 2 N–H and O–H groups in total. The number of aryl methyl sites for hydroxylation is 1. The van der Waals surface area contributed by atoms with Gasteiger partial charge < -0.3 is 10.6 Å². The van der Waals surface area contributed by atoms with Gasteiger partial charge in [0.05, 0.1) is 0 Å². The summed E-state index contributed by atoms with van der Waals surface area (Å²) in [6, 6.07) is 17.4. The molecule has 0 radical (unpaired) electrons. The van der Waals surface area contributed by atoms with Crippen LogP contribution in [0.15, 0.2) is 48.5 Å². The molecule has 0 spiro atoms. The van der Waals surface area contributed by atoms with Gasteiger partial charge in [-0.2, -0.15) is 0 Å². The fraction of sp³-hybridized carbons (Fsp3) is 0.333. The van der Waals surface area contributed by atoms with Gasteiger partial charge in [0.2, 0.25) is 0 Å². The van der Waals surface area contributed by atoms with Crippen LogP contribution in [0.1, 0.15) is 36.1 Å². The third-order valence-corrected chi connectivity index (χ3v) is 4.12. The summed E-state index contributed by atoms with van der Waals surface area (Å²) in [5.74, 6) is 0. The molecule has 0 saturated carbocycles. The molecule has 0 aromatic heterocycles. The maximum absolute atomic E-state index is 6.13. The topological polar surface area (TPSA) is 29.3 Å². The summed E-state index contributed by atoms with van der Waals surface area (Å²) in [7, 11) is 0. The highest BCUT2D eigenvalue weighted by molar-refractivity contribution is 5.56. The lowest BCUT2D eigenvalue weighted by Crippen LogP contribution is -2.25. The van der Waals surface area contributed by atoms with Crippen molar-refractivity contribution in [2.45, 2.75) is 32.4 Å². The Balaban J connectivity index is 1.96. The van der Waals surface area contributed by atoms with E-state index in [1.165, 1.54) is 35.2 Å². The SMILES string of the molecule is C[C@H](N)c1ccccc1N1CCCc2ccccc2C1. The van der Waals surface area contributed by atoms with E-state index in [0.717, 1.165) is 13.1 Å². The first-order valence-corrected chi connectivity index (χ1v) is 7.42. The van der Waals surface area contributed by atoms with Crippen molar-refractivity contribution in [1.82, 2.24) is 0 Å². The Morgan fingerprint density at radius 3 is 2.50 bits per heavy atom. The van der Waals surface area contributed by atoms with E-state index in [1.54, 1.807) is 0 Å². The van der Waals surface area contributed by atoms with E-state index in [0.29, 0.717) is 0 Å². The highest BCUT2D eigenvalue weighted by Gasteiger charge is 2.17. The molecule has 1 heterocycles. The lowest BCUT2D eigenvalue weighted by Gasteiger charge is -2.27. The molecule has 20 heavy (non-hydrogen) atoms. The van der Waals surface area contributed by atoms with Gasteiger partial charge in [-0.3, -0.25) is 0 Å². The maximum Gasteiger partial charge on any atom is 0.0432 e. The summed E-state index contributed by atoms with van der Waals surface area (Å²) in [6.07, 6.45) is 2.37. The van der Waals surface area contributed by atoms with E-state index >= 15 is 0 Å². The van der Waals surface area contributed by atoms with E-state index < -0.39 is 0 Å².